The fourth-order valence-electron chi connectivity index (χ4n) is 3.78. The number of nitrogens with zero attached hydrogens (tertiary/aromatic N) is 1. The van der Waals surface area contributed by atoms with Gasteiger partial charge in [0.05, 0.1) is 18.8 Å². The summed E-state index contributed by atoms with van der Waals surface area (Å²) in [5, 5.41) is 11.0. The molecule has 2 amide bonds. The van der Waals surface area contributed by atoms with Crippen LogP contribution in [0.25, 0.3) is 0 Å². The Hall–Kier alpha value is -2.70. The van der Waals surface area contributed by atoms with Gasteiger partial charge in [-0.1, -0.05) is 60.2 Å². The Kier molecular flexibility index (Phi) is 4.91. The Labute approximate surface area is 163 Å². The number of amides is 2. The Morgan fingerprint density at radius 3 is 2.61 bits per heavy atom. The average molecular weight is 381 g/mol. The van der Waals surface area contributed by atoms with E-state index >= 15 is 0 Å². The van der Waals surface area contributed by atoms with Crippen molar-refractivity contribution < 1.29 is 24.2 Å². The van der Waals surface area contributed by atoms with Crippen LogP contribution in [-0.2, 0) is 20.7 Å². The largest absolute Gasteiger partial charge is 0.447 e. The molecule has 1 N–H and O–H groups in total. The number of hydrogen-bond donors (Lipinski definition) is 1. The molecule has 2 heterocycles. The zero-order valence-corrected chi connectivity index (χ0v) is 15.7. The molecule has 6 heteroatoms. The summed E-state index contributed by atoms with van der Waals surface area (Å²) in [7, 11) is 0. The van der Waals surface area contributed by atoms with Crippen LogP contribution < -0.4 is 0 Å². The maximum absolute atomic E-state index is 13.1. The van der Waals surface area contributed by atoms with Gasteiger partial charge in [0.1, 0.15) is 6.61 Å². The lowest BCUT2D eigenvalue weighted by Crippen LogP contribution is -2.53. The lowest BCUT2D eigenvalue weighted by molar-refractivity contribution is -0.148. The molecule has 6 nitrogen and oxygen atoms in total. The van der Waals surface area contributed by atoms with Crippen LogP contribution in [-0.4, -0.2) is 46.9 Å². The summed E-state index contributed by atoms with van der Waals surface area (Å²) >= 11 is 0. The molecule has 2 unspecified atom stereocenters. The molecule has 2 fully saturated rings. The van der Waals surface area contributed by atoms with Gasteiger partial charge in [-0.2, -0.15) is 0 Å². The molecule has 0 bridgehead atoms. The second-order valence-electron chi connectivity index (χ2n) is 7.54. The Morgan fingerprint density at radius 1 is 1.18 bits per heavy atom. The molecule has 0 saturated carbocycles. The second-order valence-corrected chi connectivity index (χ2v) is 7.54. The minimum absolute atomic E-state index is 0.108. The lowest BCUT2D eigenvalue weighted by atomic mass is 9.94. The van der Waals surface area contributed by atoms with Crippen molar-refractivity contribution in [1.82, 2.24) is 4.90 Å². The van der Waals surface area contributed by atoms with Crippen LogP contribution in [0, 0.1) is 6.92 Å². The van der Waals surface area contributed by atoms with Crippen molar-refractivity contribution in [3.63, 3.8) is 0 Å². The molecule has 2 aliphatic rings. The van der Waals surface area contributed by atoms with E-state index in [0.717, 1.165) is 21.6 Å². The SMILES string of the molecule is Cc1ccc(C2CC(O)(C(=O)N3C(=O)OC[C@@H]3Cc3ccccc3)CO2)cc1. The van der Waals surface area contributed by atoms with Crippen molar-refractivity contribution in [2.24, 2.45) is 0 Å². The van der Waals surface area contributed by atoms with E-state index in [1.807, 2.05) is 61.5 Å². The minimum atomic E-state index is -1.74. The summed E-state index contributed by atoms with van der Waals surface area (Å²) < 4.78 is 10.8. The quantitative estimate of drug-likeness (QED) is 0.881. The highest BCUT2D eigenvalue weighted by Gasteiger charge is 2.52. The summed E-state index contributed by atoms with van der Waals surface area (Å²) in [6, 6.07) is 16.9. The Balaban J connectivity index is 1.50. The van der Waals surface area contributed by atoms with Gasteiger partial charge in [-0.05, 0) is 24.5 Å². The highest BCUT2D eigenvalue weighted by atomic mass is 16.6. The number of benzene rings is 2. The molecule has 0 radical (unpaired) electrons. The molecule has 3 atom stereocenters. The predicted octanol–water partition coefficient (Wildman–Crippen LogP) is 2.78. The first-order valence-electron chi connectivity index (χ1n) is 9.41. The molecular formula is C22H23NO5. The van der Waals surface area contributed by atoms with Crippen molar-refractivity contribution in [2.45, 2.75) is 37.5 Å². The van der Waals surface area contributed by atoms with Crippen molar-refractivity contribution in [1.29, 1.82) is 0 Å². The monoisotopic (exact) mass is 381 g/mol. The average Bonchev–Trinajstić information content (AvgIpc) is 3.27. The maximum atomic E-state index is 13.1. The zero-order chi connectivity index (χ0) is 19.7. The molecule has 0 spiro atoms. The minimum Gasteiger partial charge on any atom is -0.447 e. The highest BCUT2D eigenvalue weighted by molar-refractivity contribution is 5.98. The fraction of sp³-hybridized carbons (Fsp3) is 0.364. The van der Waals surface area contributed by atoms with Gasteiger partial charge in [0.15, 0.2) is 5.60 Å². The van der Waals surface area contributed by atoms with Gasteiger partial charge in [-0.25, -0.2) is 9.69 Å². The number of carbonyl (C=O) groups is 2. The first kappa shape index (κ1) is 18.7. The van der Waals surface area contributed by atoms with Crippen LogP contribution in [0.2, 0.25) is 0 Å². The third-order valence-electron chi connectivity index (χ3n) is 5.39. The number of aryl methyl sites for hydroxylation is 1. The van der Waals surface area contributed by atoms with Crippen molar-refractivity contribution in [3.8, 4) is 0 Å². The molecule has 0 aliphatic carbocycles. The number of cyclic esters (lactones) is 1. The second kappa shape index (κ2) is 7.37. The number of rotatable bonds is 4. The van der Waals surface area contributed by atoms with Crippen LogP contribution in [0.1, 0.15) is 29.2 Å². The molecular weight excluding hydrogens is 358 g/mol. The Morgan fingerprint density at radius 2 is 1.89 bits per heavy atom. The van der Waals surface area contributed by atoms with E-state index in [0.29, 0.717) is 6.42 Å². The normalized spacial score (nSPS) is 27.1. The number of aliphatic hydroxyl groups is 1. The third-order valence-corrected chi connectivity index (χ3v) is 5.39. The number of hydrogen-bond acceptors (Lipinski definition) is 5. The maximum Gasteiger partial charge on any atom is 0.417 e. The van der Waals surface area contributed by atoms with Crippen LogP contribution in [0.5, 0.6) is 0 Å². The van der Waals surface area contributed by atoms with Gasteiger partial charge >= 0.3 is 6.09 Å². The molecule has 2 aromatic rings. The van der Waals surface area contributed by atoms with Crippen molar-refractivity contribution in [3.05, 3.63) is 71.3 Å². The van der Waals surface area contributed by atoms with Crippen LogP contribution in [0.4, 0.5) is 4.79 Å². The number of ether oxygens (including phenoxy) is 2. The molecule has 146 valence electrons. The molecule has 0 aromatic heterocycles. The predicted molar refractivity (Wildman–Crippen MR) is 102 cm³/mol. The fourth-order valence-corrected chi connectivity index (χ4v) is 3.78. The summed E-state index contributed by atoms with van der Waals surface area (Å²) in [6.45, 7) is 1.97. The molecule has 28 heavy (non-hydrogen) atoms. The topological polar surface area (TPSA) is 76.1 Å². The Bertz CT molecular complexity index is 866. The summed E-state index contributed by atoms with van der Waals surface area (Å²) in [6.07, 6.45) is -0.508. The number of carbonyl (C=O) groups excluding carboxylic acids is 2. The van der Waals surface area contributed by atoms with Gasteiger partial charge in [0.25, 0.3) is 5.91 Å². The molecule has 2 aliphatic heterocycles. The number of imide groups is 1. The first-order chi connectivity index (χ1) is 13.5. The van der Waals surface area contributed by atoms with Gasteiger partial charge in [0.2, 0.25) is 0 Å². The first-order valence-corrected chi connectivity index (χ1v) is 9.41. The highest BCUT2D eigenvalue weighted by Crippen LogP contribution is 2.37. The molecule has 2 aromatic carbocycles. The van der Waals surface area contributed by atoms with Crippen molar-refractivity contribution in [2.75, 3.05) is 13.2 Å². The van der Waals surface area contributed by atoms with Crippen molar-refractivity contribution >= 4 is 12.0 Å². The van der Waals surface area contributed by atoms with Crippen LogP contribution in [0.15, 0.2) is 54.6 Å². The van der Waals surface area contributed by atoms with E-state index in [1.165, 1.54) is 0 Å². The summed E-state index contributed by atoms with van der Waals surface area (Å²) in [5.41, 5.74) is 1.28. The van der Waals surface area contributed by atoms with Gasteiger partial charge in [0, 0.05) is 6.42 Å². The van der Waals surface area contributed by atoms with Crippen LogP contribution >= 0.6 is 0 Å². The van der Waals surface area contributed by atoms with Gasteiger partial charge < -0.3 is 14.6 Å². The summed E-state index contributed by atoms with van der Waals surface area (Å²) in [5.74, 6) is -0.648. The zero-order valence-electron chi connectivity index (χ0n) is 15.7. The standard InChI is InChI=1S/C22H23NO5/c1-15-7-9-17(10-8-15)19-12-22(26,14-28-19)20(24)23-18(13-27-21(23)25)11-16-5-3-2-4-6-16/h2-10,18-19,26H,11-14H2,1H3/t18-,19?,22?/m0/s1. The molecule has 2 saturated heterocycles. The van der Waals surface area contributed by atoms with Gasteiger partial charge in [-0.15, -0.1) is 0 Å². The van der Waals surface area contributed by atoms with Crippen LogP contribution in [0.3, 0.4) is 0 Å². The molecule has 4 rings (SSSR count). The van der Waals surface area contributed by atoms with E-state index in [-0.39, 0.29) is 25.7 Å². The third kappa shape index (κ3) is 3.53. The smallest absolute Gasteiger partial charge is 0.417 e. The van der Waals surface area contributed by atoms with E-state index < -0.39 is 23.6 Å². The van der Waals surface area contributed by atoms with E-state index in [2.05, 4.69) is 0 Å². The lowest BCUT2D eigenvalue weighted by Gasteiger charge is -2.27. The van der Waals surface area contributed by atoms with Gasteiger partial charge in [-0.3, -0.25) is 4.79 Å². The summed E-state index contributed by atoms with van der Waals surface area (Å²) in [4.78, 5) is 26.4. The van der Waals surface area contributed by atoms with E-state index in [4.69, 9.17) is 9.47 Å². The van der Waals surface area contributed by atoms with E-state index in [9.17, 15) is 14.7 Å². The van der Waals surface area contributed by atoms with E-state index in [1.54, 1.807) is 0 Å².